The first-order valence-electron chi connectivity index (χ1n) is 19.2. The second kappa shape index (κ2) is 14.8. The molecule has 276 valence electrons. The summed E-state index contributed by atoms with van der Waals surface area (Å²) in [6.07, 6.45) is 0. The van der Waals surface area contributed by atoms with Crippen LogP contribution in [0.5, 0.6) is 0 Å². The molecule has 0 radical (unpaired) electrons. The molecule has 1 saturated heterocycles. The van der Waals surface area contributed by atoms with Gasteiger partial charge in [-0.1, -0.05) is 164 Å². The van der Waals surface area contributed by atoms with Gasteiger partial charge in [0.1, 0.15) is 0 Å². The van der Waals surface area contributed by atoms with E-state index in [0.29, 0.717) is 17.5 Å². The van der Waals surface area contributed by atoms with Crippen LogP contribution in [0.15, 0.2) is 170 Å². The Bertz CT molecular complexity index is 2680. The van der Waals surface area contributed by atoms with Gasteiger partial charge in [-0.2, -0.15) is 0 Å². The van der Waals surface area contributed by atoms with Gasteiger partial charge in [-0.25, -0.2) is 24.9 Å². The monoisotopic (exact) mass is 741 g/mol. The fourth-order valence-electron chi connectivity index (χ4n) is 6.99. The SMILES string of the molecule is CC1(C)OB(c2cccc(-c3nc(-c4ccccc4)nc(-c4cccc(-c5nc(-c6ccccc6)c(-c6ccccc6)nc5-c5ccccc5)c4)n3)c2)OC1(C)C. The molecular formula is C49H40BN5O2. The van der Waals surface area contributed by atoms with Gasteiger partial charge in [-0.15, -0.1) is 0 Å². The fourth-order valence-corrected chi connectivity index (χ4v) is 6.99. The third-order valence-electron chi connectivity index (χ3n) is 10.8. The van der Waals surface area contributed by atoms with Crippen LogP contribution in [0.2, 0.25) is 0 Å². The molecule has 3 heterocycles. The van der Waals surface area contributed by atoms with Crippen molar-refractivity contribution < 1.29 is 9.31 Å². The lowest BCUT2D eigenvalue weighted by molar-refractivity contribution is 0.00578. The van der Waals surface area contributed by atoms with Crippen molar-refractivity contribution in [1.82, 2.24) is 24.9 Å². The Hall–Kier alpha value is -6.61. The van der Waals surface area contributed by atoms with Crippen LogP contribution in [0.3, 0.4) is 0 Å². The predicted octanol–water partition coefficient (Wildman–Crippen LogP) is 10.6. The average Bonchev–Trinajstić information content (AvgIpc) is 3.49. The van der Waals surface area contributed by atoms with Crippen molar-refractivity contribution in [1.29, 1.82) is 0 Å². The van der Waals surface area contributed by atoms with Gasteiger partial charge in [0.25, 0.3) is 0 Å². The van der Waals surface area contributed by atoms with Gasteiger partial charge in [0.05, 0.1) is 34.0 Å². The Morgan fingerprint density at radius 2 is 0.667 bits per heavy atom. The summed E-state index contributed by atoms with van der Waals surface area (Å²) in [6.45, 7) is 8.24. The van der Waals surface area contributed by atoms with Crippen LogP contribution < -0.4 is 5.46 Å². The summed E-state index contributed by atoms with van der Waals surface area (Å²) in [7, 11) is -0.518. The van der Waals surface area contributed by atoms with E-state index in [2.05, 4.69) is 76.2 Å². The standard InChI is InChI=1S/C49H40BN5O2/c1-48(2)49(3,4)57-50(56-48)40-30-18-29-39(32-40)47-54-45(36-25-15-8-16-26-36)53-46(55-47)38-28-17-27-37(31-38)44-43(35-23-13-7-14-24-35)51-41(33-19-9-5-10-20-33)42(52-44)34-21-11-6-12-22-34/h5-32H,1-4H3. The number of aromatic nitrogens is 5. The highest BCUT2D eigenvalue weighted by Crippen LogP contribution is 2.39. The summed E-state index contributed by atoms with van der Waals surface area (Å²) in [6, 6.07) is 57.0. The van der Waals surface area contributed by atoms with Crippen LogP contribution in [0.1, 0.15) is 27.7 Å². The lowest BCUT2D eigenvalue weighted by Gasteiger charge is -2.32. The predicted molar refractivity (Wildman–Crippen MR) is 229 cm³/mol. The molecule has 0 saturated carbocycles. The second-order valence-corrected chi connectivity index (χ2v) is 15.2. The number of nitrogens with zero attached hydrogens (tertiary/aromatic N) is 5. The van der Waals surface area contributed by atoms with Gasteiger partial charge < -0.3 is 9.31 Å². The van der Waals surface area contributed by atoms with E-state index >= 15 is 0 Å². The highest BCUT2D eigenvalue weighted by atomic mass is 16.7. The Morgan fingerprint density at radius 3 is 1.12 bits per heavy atom. The smallest absolute Gasteiger partial charge is 0.399 e. The Morgan fingerprint density at radius 1 is 0.333 bits per heavy atom. The minimum absolute atomic E-state index is 0.464. The summed E-state index contributed by atoms with van der Waals surface area (Å²) in [5.41, 5.74) is 9.52. The third kappa shape index (κ3) is 7.17. The Labute approximate surface area is 333 Å². The molecule has 8 heteroatoms. The zero-order valence-corrected chi connectivity index (χ0v) is 32.3. The highest BCUT2D eigenvalue weighted by Gasteiger charge is 2.51. The lowest BCUT2D eigenvalue weighted by atomic mass is 9.78. The molecule has 1 aliphatic heterocycles. The van der Waals surface area contributed by atoms with E-state index in [4.69, 9.17) is 34.2 Å². The van der Waals surface area contributed by atoms with Crippen LogP contribution in [-0.2, 0) is 9.31 Å². The van der Waals surface area contributed by atoms with Gasteiger partial charge in [0, 0.05) is 38.9 Å². The second-order valence-electron chi connectivity index (χ2n) is 15.2. The Balaban J connectivity index is 1.20. The maximum absolute atomic E-state index is 6.41. The number of hydrogen-bond donors (Lipinski definition) is 0. The summed E-state index contributed by atoms with van der Waals surface area (Å²) in [4.78, 5) is 26.1. The first-order valence-corrected chi connectivity index (χ1v) is 19.2. The molecule has 0 spiro atoms. The van der Waals surface area contributed by atoms with E-state index in [1.807, 2.05) is 121 Å². The first kappa shape index (κ1) is 36.1. The average molecular weight is 742 g/mol. The van der Waals surface area contributed by atoms with E-state index in [0.717, 1.165) is 67.2 Å². The molecule has 0 bridgehead atoms. The molecular weight excluding hydrogens is 701 g/mol. The summed E-state index contributed by atoms with van der Waals surface area (Å²) >= 11 is 0. The third-order valence-corrected chi connectivity index (χ3v) is 10.8. The molecule has 57 heavy (non-hydrogen) atoms. The molecule has 0 atom stereocenters. The van der Waals surface area contributed by atoms with Crippen molar-refractivity contribution in [3.63, 3.8) is 0 Å². The van der Waals surface area contributed by atoms with Crippen molar-refractivity contribution >= 4 is 12.6 Å². The quantitative estimate of drug-likeness (QED) is 0.143. The van der Waals surface area contributed by atoms with E-state index in [1.54, 1.807) is 0 Å². The number of benzene rings is 6. The summed E-state index contributed by atoms with van der Waals surface area (Å²) < 4.78 is 12.8. The van der Waals surface area contributed by atoms with Crippen molar-refractivity contribution in [2.24, 2.45) is 0 Å². The van der Waals surface area contributed by atoms with Crippen LogP contribution in [0, 0.1) is 0 Å². The number of rotatable bonds is 8. The van der Waals surface area contributed by atoms with E-state index in [1.165, 1.54) is 0 Å². The molecule has 9 rings (SSSR count). The molecule has 1 fully saturated rings. The van der Waals surface area contributed by atoms with Gasteiger partial charge in [0.15, 0.2) is 17.5 Å². The molecule has 8 aromatic rings. The van der Waals surface area contributed by atoms with E-state index in [-0.39, 0.29) is 0 Å². The highest BCUT2D eigenvalue weighted by molar-refractivity contribution is 6.62. The Kier molecular flexibility index (Phi) is 9.37. The van der Waals surface area contributed by atoms with Crippen molar-refractivity contribution in [2.75, 3.05) is 0 Å². The molecule has 1 aliphatic rings. The van der Waals surface area contributed by atoms with Gasteiger partial charge in [-0.3, -0.25) is 0 Å². The maximum Gasteiger partial charge on any atom is 0.494 e. The van der Waals surface area contributed by atoms with Crippen LogP contribution in [0.4, 0.5) is 0 Å². The molecule has 6 aromatic carbocycles. The normalized spacial score (nSPS) is 14.4. The molecule has 2 aromatic heterocycles. The largest absolute Gasteiger partial charge is 0.494 e. The van der Waals surface area contributed by atoms with E-state index in [9.17, 15) is 0 Å². The van der Waals surface area contributed by atoms with Crippen LogP contribution >= 0.6 is 0 Å². The van der Waals surface area contributed by atoms with E-state index < -0.39 is 18.3 Å². The minimum atomic E-state index is -0.518. The summed E-state index contributed by atoms with van der Waals surface area (Å²) in [5.74, 6) is 1.66. The zero-order chi connectivity index (χ0) is 39.0. The molecule has 0 aliphatic carbocycles. The maximum atomic E-state index is 6.41. The topological polar surface area (TPSA) is 82.9 Å². The summed E-state index contributed by atoms with van der Waals surface area (Å²) in [5, 5.41) is 0. The fraction of sp³-hybridized carbons (Fsp3) is 0.122. The van der Waals surface area contributed by atoms with Crippen LogP contribution in [0.25, 0.3) is 79.2 Å². The molecule has 0 N–H and O–H groups in total. The van der Waals surface area contributed by atoms with Crippen molar-refractivity contribution in [3.8, 4) is 79.2 Å². The van der Waals surface area contributed by atoms with Gasteiger partial charge >= 0.3 is 7.12 Å². The minimum Gasteiger partial charge on any atom is -0.399 e. The lowest BCUT2D eigenvalue weighted by Crippen LogP contribution is -2.41. The zero-order valence-electron chi connectivity index (χ0n) is 32.3. The van der Waals surface area contributed by atoms with Crippen molar-refractivity contribution in [2.45, 2.75) is 38.9 Å². The molecule has 0 unspecified atom stereocenters. The van der Waals surface area contributed by atoms with Crippen molar-refractivity contribution in [3.05, 3.63) is 170 Å². The van der Waals surface area contributed by atoms with Crippen LogP contribution in [-0.4, -0.2) is 43.2 Å². The van der Waals surface area contributed by atoms with Gasteiger partial charge in [-0.05, 0) is 39.2 Å². The number of hydrogen-bond acceptors (Lipinski definition) is 7. The van der Waals surface area contributed by atoms with Gasteiger partial charge in [0.2, 0.25) is 0 Å². The first-order chi connectivity index (χ1) is 27.7. The molecule has 0 amide bonds. The molecule has 7 nitrogen and oxygen atoms in total.